The van der Waals surface area contributed by atoms with E-state index in [-0.39, 0.29) is 24.8 Å². The van der Waals surface area contributed by atoms with Gasteiger partial charge < -0.3 is 28.6 Å². The van der Waals surface area contributed by atoms with Crippen molar-refractivity contribution in [3.05, 3.63) is 59.7 Å². The number of aliphatic hydroxyl groups excluding tert-OH is 1. The molecular formula is C19H23ClN6O2. The zero-order chi connectivity index (χ0) is 19.4. The number of carbonyl (C=O) groups is 1. The Kier molecular flexibility index (Phi) is 7.08. The lowest BCUT2D eigenvalue weighted by Gasteiger charge is -2.15. The zero-order valence-corrected chi connectivity index (χ0v) is 16.5. The van der Waals surface area contributed by atoms with E-state index in [1.807, 2.05) is 36.1 Å². The van der Waals surface area contributed by atoms with E-state index in [1.165, 1.54) is 6.08 Å². The van der Waals surface area contributed by atoms with E-state index in [9.17, 15) is 4.79 Å². The fraction of sp³-hybridized carbons (Fsp3) is 0.263. The van der Waals surface area contributed by atoms with Crippen LogP contribution in [-0.2, 0) is 18.4 Å². The van der Waals surface area contributed by atoms with Crippen molar-refractivity contribution in [3.8, 4) is 0 Å². The van der Waals surface area contributed by atoms with Gasteiger partial charge in [0.2, 0.25) is 0 Å². The number of carbonyl (C=O) groups excluding carboxylic acids is 1. The van der Waals surface area contributed by atoms with Crippen LogP contribution >= 0.6 is 0 Å². The molecule has 3 rings (SSSR count). The Labute approximate surface area is 169 Å². The third-order valence-corrected chi connectivity index (χ3v) is 4.15. The number of rotatable bonds is 6. The number of hydrogen-bond donors (Lipinski definition) is 3. The summed E-state index contributed by atoms with van der Waals surface area (Å²) in [6.45, 7) is 2.55. The molecule has 0 amide bonds. The molecule has 0 saturated heterocycles. The van der Waals surface area contributed by atoms with E-state index >= 15 is 0 Å². The monoisotopic (exact) mass is 402 g/mol. The van der Waals surface area contributed by atoms with Crippen LogP contribution < -0.4 is 28.0 Å². The van der Waals surface area contributed by atoms with Crippen molar-refractivity contribution in [2.75, 3.05) is 18.9 Å². The van der Waals surface area contributed by atoms with Crippen LogP contribution in [-0.4, -0.2) is 39.5 Å². The third-order valence-electron chi connectivity index (χ3n) is 4.15. The van der Waals surface area contributed by atoms with E-state index < -0.39 is 0 Å². The van der Waals surface area contributed by atoms with Crippen LogP contribution in [0.3, 0.4) is 0 Å². The summed E-state index contributed by atoms with van der Waals surface area (Å²) in [4.78, 5) is 16.5. The van der Waals surface area contributed by atoms with Gasteiger partial charge in [-0.05, 0) is 24.6 Å². The maximum absolute atomic E-state index is 11.9. The van der Waals surface area contributed by atoms with Gasteiger partial charge in [0.15, 0.2) is 18.2 Å². The van der Waals surface area contributed by atoms with E-state index in [0.29, 0.717) is 41.6 Å². The quantitative estimate of drug-likeness (QED) is 0.363. The zero-order valence-electron chi connectivity index (χ0n) is 15.8. The Morgan fingerprint density at radius 3 is 2.89 bits per heavy atom. The highest BCUT2D eigenvalue weighted by Gasteiger charge is 2.17. The minimum absolute atomic E-state index is 0. The van der Waals surface area contributed by atoms with Gasteiger partial charge in [0.1, 0.15) is 18.6 Å². The Morgan fingerprint density at radius 2 is 2.18 bits per heavy atom. The number of nitrogen functional groups attached to an aromatic ring is 1. The Balaban J connectivity index is 0.00000280. The first kappa shape index (κ1) is 21.3. The molecule has 0 spiro atoms. The normalized spacial score (nSPS) is 15.1. The summed E-state index contributed by atoms with van der Waals surface area (Å²) in [7, 11) is 1.96. The number of nitrogens with zero attached hydrogens (tertiary/aromatic N) is 4. The lowest BCUT2D eigenvalue weighted by molar-refractivity contribution is -0.671. The van der Waals surface area contributed by atoms with Crippen LogP contribution in [0.5, 0.6) is 0 Å². The number of anilines is 1. The van der Waals surface area contributed by atoms with E-state index in [4.69, 9.17) is 10.8 Å². The topological polar surface area (TPSA) is 109 Å². The highest BCUT2D eigenvalue weighted by molar-refractivity contribution is 6.22. The summed E-state index contributed by atoms with van der Waals surface area (Å²) in [6, 6.07) is 3.97. The van der Waals surface area contributed by atoms with Crippen LogP contribution in [0.25, 0.3) is 0 Å². The first-order valence-electron chi connectivity index (χ1n) is 8.61. The molecule has 1 aliphatic carbocycles. The van der Waals surface area contributed by atoms with Crippen molar-refractivity contribution in [2.24, 2.45) is 12.0 Å². The van der Waals surface area contributed by atoms with Crippen LogP contribution in [0.15, 0.2) is 59.1 Å². The summed E-state index contributed by atoms with van der Waals surface area (Å²) in [5.41, 5.74) is 9.56. The number of halogens is 1. The molecule has 28 heavy (non-hydrogen) atoms. The molecule has 4 N–H and O–H groups in total. The van der Waals surface area contributed by atoms with Crippen molar-refractivity contribution in [2.45, 2.75) is 13.5 Å². The lowest BCUT2D eigenvalue weighted by Crippen LogP contribution is -3.00. The van der Waals surface area contributed by atoms with Crippen molar-refractivity contribution in [3.63, 3.8) is 0 Å². The average molecular weight is 403 g/mol. The molecule has 0 bridgehead atoms. The van der Waals surface area contributed by atoms with Crippen LogP contribution in [0.2, 0.25) is 0 Å². The first-order valence-corrected chi connectivity index (χ1v) is 8.61. The molecule has 0 aromatic carbocycles. The van der Waals surface area contributed by atoms with Gasteiger partial charge in [0.25, 0.3) is 0 Å². The SMILES string of the molecule is CC1=CC(=Nc2cnn(Cc3ccc[n+](C)c3)c2N)C(NCCO)=CC1=O.[Cl-]. The second-order valence-electron chi connectivity index (χ2n) is 6.35. The molecular weight excluding hydrogens is 380 g/mol. The van der Waals surface area contributed by atoms with Crippen molar-refractivity contribution in [1.82, 2.24) is 15.1 Å². The second-order valence-corrected chi connectivity index (χ2v) is 6.35. The lowest BCUT2D eigenvalue weighted by atomic mass is 10.0. The molecule has 2 heterocycles. The number of allylic oxidation sites excluding steroid dienone is 3. The second kappa shape index (κ2) is 9.29. The predicted octanol–water partition coefficient (Wildman–Crippen LogP) is -2.59. The highest BCUT2D eigenvalue weighted by atomic mass is 35.5. The summed E-state index contributed by atoms with van der Waals surface area (Å²) < 4.78 is 3.65. The number of aryl methyl sites for hydroxylation is 1. The Bertz CT molecular complexity index is 961. The van der Waals surface area contributed by atoms with E-state index in [1.54, 1.807) is 23.9 Å². The molecule has 148 valence electrons. The number of hydrogen-bond acceptors (Lipinski definition) is 6. The van der Waals surface area contributed by atoms with Gasteiger partial charge in [-0.15, -0.1) is 0 Å². The maximum Gasteiger partial charge on any atom is 0.183 e. The fourth-order valence-electron chi connectivity index (χ4n) is 2.74. The van der Waals surface area contributed by atoms with E-state index in [2.05, 4.69) is 15.4 Å². The molecule has 0 saturated carbocycles. The Hall–Kier alpha value is -2.97. The largest absolute Gasteiger partial charge is 1.00 e. The van der Waals surface area contributed by atoms with Gasteiger partial charge in [-0.2, -0.15) is 5.10 Å². The molecule has 9 heteroatoms. The van der Waals surface area contributed by atoms with Gasteiger partial charge in [0, 0.05) is 24.3 Å². The first-order chi connectivity index (χ1) is 13.0. The van der Waals surface area contributed by atoms with Crippen LogP contribution in [0.4, 0.5) is 11.5 Å². The van der Waals surface area contributed by atoms with Crippen molar-refractivity contribution < 1.29 is 26.9 Å². The minimum atomic E-state index is -0.0880. The Morgan fingerprint density at radius 1 is 1.39 bits per heavy atom. The number of aliphatic imine (C=N–C) groups is 1. The summed E-state index contributed by atoms with van der Waals surface area (Å²) in [5.74, 6) is 0.355. The highest BCUT2D eigenvalue weighted by Crippen LogP contribution is 2.24. The summed E-state index contributed by atoms with van der Waals surface area (Å²) in [5, 5.41) is 16.4. The molecule has 0 radical (unpaired) electrons. The summed E-state index contributed by atoms with van der Waals surface area (Å²) >= 11 is 0. The standard InChI is InChI=1S/C19H22N6O2.ClH/c1-13-8-16(15(9-18(13)27)21-5-7-26)23-17-10-22-25(19(17)20)12-14-4-3-6-24(2)11-14;/h3-4,6,8-11,26H,5,7,12H2,1-2H3,(H2-,20,21,22,27);1H. The molecule has 2 aromatic rings. The maximum atomic E-state index is 11.9. The van der Waals surface area contributed by atoms with Crippen molar-refractivity contribution >= 4 is 23.0 Å². The van der Waals surface area contributed by atoms with E-state index in [0.717, 1.165) is 5.56 Å². The molecule has 0 fully saturated rings. The molecule has 1 aliphatic rings. The molecule has 0 atom stereocenters. The molecule has 2 aromatic heterocycles. The van der Waals surface area contributed by atoms with Crippen molar-refractivity contribution in [1.29, 1.82) is 0 Å². The number of pyridine rings is 1. The third kappa shape index (κ3) is 4.85. The number of nitrogens with two attached hydrogens (primary N) is 1. The van der Waals surface area contributed by atoms with Gasteiger partial charge in [0.05, 0.1) is 30.8 Å². The minimum Gasteiger partial charge on any atom is -1.00 e. The number of ketones is 1. The fourth-order valence-corrected chi connectivity index (χ4v) is 2.74. The molecule has 0 unspecified atom stereocenters. The van der Waals surface area contributed by atoms with Gasteiger partial charge in [-0.3, -0.25) is 4.79 Å². The van der Waals surface area contributed by atoms with Gasteiger partial charge >= 0.3 is 0 Å². The average Bonchev–Trinajstić information content (AvgIpc) is 2.97. The van der Waals surface area contributed by atoms with Crippen LogP contribution in [0.1, 0.15) is 12.5 Å². The number of aliphatic hydroxyl groups is 1. The van der Waals surface area contributed by atoms with Gasteiger partial charge in [-0.1, -0.05) is 0 Å². The number of nitrogens with one attached hydrogen (secondary N) is 1. The van der Waals surface area contributed by atoms with Gasteiger partial charge in [-0.25, -0.2) is 14.2 Å². The molecule has 8 nitrogen and oxygen atoms in total. The smallest absolute Gasteiger partial charge is 0.183 e. The predicted molar refractivity (Wildman–Crippen MR) is 102 cm³/mol. The number of aromatic nitrogens is 3. The summed E-state index contributed by atoms with van der Waals surface area (Å²) in [6.07, 6.45) is 8.75. The van der Waals surface area contributed by atoms with Crippen LogP contribution in [0, 0.1) is 0 Å². The molecule has 0 aliphatic heterocycles.